The molecule has 0 saturated carbocycles. The summed E-state index contributed by atoms with van der Waals surface area (Å²) in [6.45, 7) is 3.81. The van der Waals surface area contributed by atoms with E-state index in [1.807, 2.05) is 30.3 Å². The van der Waals surface area contributed by atoms with Crippen LogP contribution in [0.25, 0.3) is 6.08 Å². The van der Waals surface area contributed by atoms with Crippen LogP contribution in [-0.4, -0.2) is 26.2 Å². The van der Waals surface area contributed by atoms with Crippen molar-refractivity contribution in [3.63, 3.8) is 0 Å². The third kappa shape index (κ3) is 3.31. The predicted octanol–water partition coefficient (Wildman–Crippen LogP) is 4.63. The number of hydrogen-bond acceptors (Lipinski definition) is 2. The van der Waals surface area contributed by atoms with Crippen LogP contribution in [0.4, 0.5) is 10.1 Å². The maximum Gasteiger partial charge on any atom is 0.123 e. The zero-order valence-electron chi connectivity index (χ0n) is 14.1. The maximum atomic E-state index is 13.9. The van der Waals surface area contributed by atoms with E-state index in [1.165, 1.54) is 11.3 Å². The summed E-state index contributed by atoms with van der Waals surface area (Å²) in [5.74, 6) is -0.129. The highest BCUT2D eigenvalue weighted by molar-refractivity contribution is 6.30. The predicted molar refractivity (Wildman–Crippen MR) is 103 cm³/mol. The van der Waals surface area contributed by atoms with E-state index in [9.17, 15) is 4.39 Å². The lowest BCUT2D eigenvalue weighted by molar-refractivity contribution is 0.326. The SMILES string of the molecule is Fc1ccc2c(c1)C1(CCNCC1)CN2CC=Cc1ccc(Cl)cc1. The van der Waals surface area contributed by atoms with Gasteiger partial charge in [0.1, 0.15) is 5.82 Å². The van der Waals surface area contributed by atoms with Gasteiger partial charge in [-0.2, -0.15) is 0 Å². The van der Waals surface area contributed by atoms with Gasteiger partial charge in [0, 0.05) is 29.2 Å². The van der Waals surface area contributed by atoms with E-state index in [0.717, 1.165) is 49.6 Å². The molecule has 2 heterocycles. The Morgan fingerprint density at radius 3 is 2.64 bits per heavy atom. The molecule has 2 nitrogen and oxygen atoms in total. The van der Waals surface area contributed by atoms with Crippen molar-refractivity contribution in [2.24, 2.45) is 0 Å². The van der Waals surface area contributed by atoms with Gasteiger partial charge in [-0.15, -0.1) is 0 Å². The Kier molecular flexibility index (Phi) is 4.53. The summed E-state index contributed by atoms with van der Waals surface area (Å²) in [7, 11) is 0. The molecule has 1 fully saturated rings. The van der Waals surface area contributed by atoms with Crippen LogP contribution in [0, 0.1) is 5.82 Å². The first-order chi connectivity index (χ1) is 12.2. The van der Waals surface area contributed by atoms with E-state index in [2.05, 4.69) is 22.4 Å². The maximum absolute atomic E-state index is 13.9. The number of benzene rings is 2. The van der Waals surface area contributed by atoms with Crippen LogP contribution in [0.2, 0.25) is 5.02 Å². The average Bonchev–Trinajstić information content (AvgIpc) is 2.90. The lowest BCUT2D eigenvalue weighted by Crippen LogP contribution is -2.43. The minimum atomic E-state index is -0.129. The van der Waals surface area contributed by atoms with E-state index in [4.69, 9.17) is 11.6 Å². The van der Waals surface area contributed by atoms with Crippen molar-refractivity contribution >= 4 is 23.4 Å². The van der Waals surface area contributed by atoms with Crippen LogP contribution in [0.5, 0.6) is 0 Å². The van der Waals surface area contributed by atoms with Crippen molar-refractivity contribution in [3.8, 4) is 0 Å². The smallest absolute Gasteiger partial charge is 0.123 e. The number of hydrogen-bond donors (Lipinski definition) is 1. The summed E-state index contributed by atoms with van der Waals surface area (Å²) in [6, 6.07) is 13.1. The molecule has 2 aromatic carbocycles. The fraction of sp³-hybridized carbons (Fsp3) is 0.333. The monoisotopic (exact) mass is 356 g/mol. The molecule has 0 unspecified atom stereocenters. The molecule has 2 aliphatic rings. The van der Waals surface area contributed by atoms with Crippen molar-refractivity contribution in [3.05, 3.63) is 70.5 Å². The Morgan fingerprint density at radius 2 is 1.88 bits per heavy atom. The molecule has 2 aromatic rings. The van der Waals surface area contributed by atoms with Gasteiger partial charge in [0.2, 0.25) is 0 Å². The first-order valence-electron chi connectivity index (χ1n) is 8.84. The number of nitrogens with one attached hydrogen (secondary N) is 1. The van der Waals surface area contributed by atoms with Crippen LogP contribution in [0.1, 0.15) is 24.0 Å². The second-order valence-electron chi connectivity index (χ2n) is 7.03. The highest BCUT2D eigenvalue weighted by Gasteiger charge is 2.43. The first kappa shape index (κ1) is 16.6. The number of halogens is 2. The van der Waals surface area contributed by atoms with Gasteiger partial charge >= 0.3 is 0 Å². The molecule has 0 aromatic heterocycles. The second kappa shape index (κ2) is 6.81. The minimum absolute atomic E-state index is 0.0940. The van der Waals surface area contributed by atoms with Crippen LogP contribution in [0.3, 0.4) is 0 Å². The molecule has 0 bridgehead atoms. The summed E-state index contributed by atoms with van der Waals surface area (Å²) in [5, 5.41) is 4.18. The standard InChI is InChI=1S/C21H22ClFN2/c22-17-5-3-16(4-6-17)2-1-13-25-15-21(9-11-24-12-10-21)19-14-18(23)7-8-20(19)25/h1-8,14,24H,9-13,15H2. The quantitative estimate of drug-likeness (QED) is 0.862. The third-order valence-electron chi connectivity index (χ3n) is 5.43. The Morgan fingerprint density at radius 1 is 1.12 bits per heavy atom. The van der Waals surface area contributed by atoms with Gasteiger partial charge in [0.15, 0.2) is 0 Å². The molecule has 25 heavy (non-hydrogen) atoms. The molecule has 130 valence electrons. The van der Waals surface area contributed by atoms with E-state index in [-0.39, 0.29) is 11.2 Å². The molecule has 0 radical (unpaired) electrons. The van der Waals surface area contributed by atoms with Gasteiger partial charge in [-0.25, -0.2) is 4.39 Å². The fourth-order valence-electron chi connectivity index (χ4n) is 4.13. The van der Waals surface area contributed by atoms with Crippen molar-refractivity contribution in [2.75, 3.05) is 31.1 Å². The summed E-state index contributed by atoms with van der Waals surface area (Å²) in [6.07, 6.45) is 6.44. The summed E-state index contributed by atoms with van der Waals surface area (Å²) < 4.78 is 13.9. The molecule has 1 N–H and O–H groups in total. The molecule has 4 heteroatoms. The van der Waals surface area contributed by atoms with Crippen LogP contribution >= 0.6 is 11.6 Å². The van der Waals surface area contributed by atoms with Gasteiger partial charge in [-0.1, -0.05) is 35.9 Å². The van der Waals surface area contributed by atoms with Crippen molar-refractivity contribution in [1.29, 1.82) is 0 Å². The van der Waals surface area contributed by atoms with E-state index in [1.54, 1.807) is 12.1 Å². The van der Waals surface area contributed by atoms with Crippen LogP contribution in [0.15, 0.2) is 48.5 Å². The van der Waals surface area contributed by atoms with Crippen molar-refractivity contribution in [1.82, 2.24) is 5.32 Å². The largest absolute Gasteiger partial charge is 0.367 e. The third-order valence-corrected chi connectivity index (χ3v) is 5.68. The minimum Gasteiger partial charge on any atom is -0.367 e. The Bertz CT molecular complexity index is 779. The Labute approximate surface area is 153 Å². The normalized spacial score (nSPS) is 18.9. The molecule has 1 spiro atoms. The van der Waals surface area contributed by atoms with Gasteiger partial charge < -0.3 is 10.2 Å². The lowest BCUT2D eigenvalue weighted by atomic mass is 9.75. The van der Waals surface area contributed by atoms with Crippen molar-refractivity contribution < 1.29 is 4.39 Å². The fourth-order valence-corrected chi connectivity index (χ4v) is 4.26. The zero-order chi connectivity index (χ0) is 17.3. The first-order valence-corrected chi connectivity index (χ1v) is 9.22. The summed E-state index contributed by atoms with van der Waals surface area (Å²) in [4.78, 5) is 2.38. The highest BCUT2D eigenvalue weighted by atomic mass is 35.5. The molecule has 0 aliphatic carbocycles. The van der Waals surface area contributed by atoms with Crippen LogP contribution in [-0.2, 0) is 5.41 Å². The van der Waals surface area contributed by atoms with E-state index >= 15 is 0 Å². The zero-order valence-corrected chi connectivity index (χ0v) is 14.9. The number of rotatable bonds is 3. The summed E-state index contributed by atoms with van der Waals surface area (Å²) >= 11 is 5.93. The average molecular weight is 357 g/mol. The topological polar surface area (TPSA) is 15.3 Å². The van der Waals surface area contributed by atoms with Gasteiger partial charge in [0.25, 0.3) is 0 Å². The number of nitrogens with zero attached hydrogens (tertiary/aromatic N) is 1. The Hall–Kier alpha value is -1.84. The second-order valence-corrected chi connectivity index (χ2v) is 7.46. The van der Waals surface area contributed by atoms with Gasteiger partial charge in [-0.3, -0.25) is 0 Å². The van der Waals surface area contributed by atoms with Gasteiger partial charge in [0.05, 0.1) is 0 Å². The van der Waals surface area contributed by atoms with Crippen LogP contribution < -0.4 is 10.2 Å². The molecule has 0 amide bonds. The van der Waals surface area contributed by atoms with Crippen molar-refractivity contribution in [2.45, 2.75) is 18.3 Å². The molecular formula is C21H22ClFN2. The molecule has 1 saturated heterocycles. The lowest BCUT2D eigenvalue weighted by Gasteiger charge is -2.34. The highest BCUT2D eigenvalue weighted by Crippen LogP contribution is 2.46. The molecule has 2 aliphatic heterocycles. The van der Waals surface area contributed by atoms with E-state index in [0.29, 0.717) is 0 Å². The van der Waals surface area contributed by atoms with Gasteiger partial charge in [-0.05, 0) is 67.4 Å². The molecule has 0 atom stereocenters. The number of anilines is 1. The molecule has 4 rings (SSSR count). The summed E-state index contributed by atoms with van der Waals surface area (Å²) in [5.41, 5.74) is 3.61. The van der Waals surface area contributed by atoms with E-state index < -0.39 is 0 Å². The number of fused-ring (bicyclic) bond motifs is 2. The Balaban J connectivity index is 1.56. The number of piperidine rings is 1. The molecular weight excluding hydrogens is 335 g/mol.